The van der Waals surface area contributed by atoms with Crippen LogP contribution < -0.4 is 5.32 Å². The zero-order valence-corrected chi connectivity index (χ0v) is 13.6. The molecule has 2 aromatic heterocycles. The highest BCUT2D eigenvalue weighted by Gasteiger charge is 2.30. The molecule has 1 aromatic carbocycles. The number of nitrogens with one attached hydrogen (secondary N) is 1. The molecule has 1 amide bonds. The van der Waals surface area contributed by atoms with Crippen molar-refractivity contribution in [1.29, 1.82) is 0 Å². The number of halogens is 3. The van der Waals surface area contributed by atoms with Gasteiger partial charge in [0.25, 0.3) is 0 Å². The second-order valence-electron chi connectivity index (χ2n) is 5.74. The number of hydrogen-bond acceptors (Lipinski definition) is 2. The smallest absolute Gasteiger partial charge is 0.346 e. The third-order valence-electron chi connectivity index (χ3n) is 3.91. The highest BCUT2D eigenvalue weighted by molar-refractivity contribution is 5.90. The lowest BCUT2D eigenvalue weighted by molar-refractivity contribution is -0.137. The largest absolute Gasteiger partial charge is 0.417 e. The van der Waals surface area contributed by atoms with Crippen LogP contribution in [0.5, 0.6) is 0 Å². The molecule has 26 heavy (non-hydrogen) atoms. The number of hydrogen-bond donors (Lipinski definition) is 1. The zero-order valence-electron chi connectivity index (χ0n) is 13.6. The van der Waals surface area contributed by atoms with Gasteiger partial charge in [-0.05, 0) is 29.8 Å². The molecule has 0 aliphatic carbocycles. The quantitative estimate of drug-likeness (QED) is 0.728. The van der Waals surface area contributed by atoms with Crippen molar-refractivity contribution in [2.24, 2.45) is 0 Å². The van der Waals surface area contributed by atoms with Gasteiger partial charge in [0.2, 0.25) is 5.91 Å². The molecule has 0 saturated carbocycles. The summed E-state index contributed by atoms with van der Waals surface area (Å²) in [5, 5.41) is 2.55. The van der Waals surface area contributed by atoms with Crippen molar-refractivity contribution < 1.29 is 18.0 Å². The molecule has 0 spiro atoms. The van der Waals surface area contributed by atoms with E-state index in [1.165, 1.54) is 0 Å². The fourth-order valence-electron chi connectivity index (χ4n) is 2.63. The Kier molecular flexibility index (Phi) is 5.06. The summed E-state index contributed by atoms with van der Waals surface area (Å²) in [6.45, 7) is 0. The van der Waals surface area contributed by atoms with Crippen molar-refractivity contribution in [1.82, 2.24) is 9.55 Å². The average molecular weight is 359 g/mol. The van der Waals surface area contributed by atoms with E-state index in [-0.39, 0.29) is 24.2 Å². The van der Waals surface area contributed by atoms with Crippen LogP contribution in [0.1, 0.15) is 23.6 Å². The van der Waals surface area contributed by atoms with Crippen molar-refractivity contribution in [2.75, 3.05) is 5.32 Å². The number of carbonyl (C=O) groups excluding carboxylic acids is 1. The normalized spacial score (nSPS) is 12.6. The molecule has 1 atom stereocenters. The number of anilines is 1. The molecule has 1 N–H and O–H groups in total. The van der Waals surface area contributed by atoms with Crippen LogP contribution in [0.25, 0.3) is 0 Å². The second kappa shape index (κ2) is 7.43. The van der Waals surface area contributed by atoms with Crippen molar-refractivity contribution in [3.63, 3.8) is 0 Å². The minimum absolute atomic E-state index is 0.0855. The maximum atomic E-state index is 12.6. The lowest BCUT2D eigenvalue weighted by Crippen LogP contribution is -2.20. The van der Waals surface area contributed by atoms with Gasteiger partial charge in [0, 0.05) is 18.6 Å². The Hall–Kier alpha value is -3.09. The molecule has 7 heteroatoms. The Morgan fingerprint density at radius 1 is 1.04 bits per heavy atom. The van der Waals surface area contributed by atoms with E-state index in [0.717, 1.165) is 17.7 Å². The predicted molar refractivity (Wildman–Crippen MR) is 91.5 cm³/mol. The van der Waals surface area contributed by atoms with Crippen LogP contribution in [-0.2, 0) is 11.0 Å². The molecule has 0 unspecified atom stereocenters. The molecular formula is C19H16F3N3O. The van der Waals surface area contributed by atoms with Gasteiger partial charge in [0.05, 0.1) is 18.0 Å². The van der Waals surface area contributed by atoms with Gasteiger partial charge in [-0.25, -0.2) is 4.98 Å². The molecular weight excluding hydrogens is 343 g/mol. The van der Waals surface area contributed by atoms with Crippen molar-refractivity contribution in [3.8, 4) is 0 Å². The number of carbonyl (C=O) groups is 1. The molecule has 0 bridgehead atoms. The average Bonchev–Trinajstić information content (AvgIpc) is 3.14. The molecule has 134 valence electrons. The first-order valence-electron chi connectivity index (χ1n) is 7.94. The summed E-state index contributed by atoms with van der Waals surface area (Å²) in [6, 6.07) is 15.1. The summed E-state index contributed by atoms with van der Waals surface area (Å²) < 4.78 is 39.6. The summed E-state index contributed by atoms with van der Waals surface area (Å²) in [7, 11) is 0. The number of aromatic nitrogens is 2. The third-order valence-corrected chi connectivity index (χ3v) is 3.91. The number of amides is 1. The standard InChI is InChI=1S/C19H16F3N3O/c20-19(21,22)15-8-9-17(23-13-15)24-18(26)12-16(25-10-4-5-11-25)14-6-2-1-3-7-14/h1-11,13,16H,12H2,(H,23,24,26)/t16-/m1/s1. The monoisotopic (exact) mass is 359 g/mol. The van der Waals surface area contributed by atoms with E-state index in [1.807, 2.05) is 59.4 Å². The molecule has 0 aliphatic heterocycles. The lowest BCUT2D eigenvalue weighted by Gasteiger charge is -2.19. The summed E-state index contributed by atoms with van der Waals surface area (Å²) in [5.74, 6) is -0.248. The fourth-order valence-corrected chi connectivity index (χ4v) is 2.63. The maximum absolute atomic E-state index is 12.6. The Morgan fingerprint density at radius 2 is 1.73 bits per heavy atom. The second-order valence-corrected chi connectivity index (χ2v) is 5.74. The van der Waals surface area contributed by atoms with E-state index in [0.29, 0.717) is 6.20 Å². The number of nitrogens with zero attached hydrogens (tertiary/aromatic N) is 2. The zero-order chi connectivity index (χ0) is 18.6. The number of pyridine rings is 1. The summed E-state index contributed by atoms with van der Waals surface area (Å²) >= 11 is 0. The van der Waals surface area contributed by atoms with Gasteiger partial charge in [0.1, 0.15) is 5.82 Å². The predicted octanol–water partition coefficient (Wildman–Crippen LogP) is 4.52. The van der Waals surface area contributed by atoms with Gasteiger partial charge < -0.3 is 9.88 Å². The van der Waals surface area contributed by atoms with Crippen LogP contribution >= 0.6 is 0 Å². The first-order chi connectivity index (χ1) is 12.4. The molecule has 3 aromatic rings. The molecule has 0 saturated heterocycles. The van der Waals surface area contributed by atoms with E-state index >= 15 is 0 Å². The number of alkyl halides is 3. The van der Waals surface area contributed by atoms with Gasteiger partial charge >= 0.3 is 6.18 Å². The SMILES string of the molecule is O=C(C[C@H](c1ccccc1)n1cccc1)Nc1ccc(C(F)(F)F)cn1. The first-order valence-corrected chi connectivity index (χ1v) is 7.94. The molecule has 2 heterocycles. The Balaban J connectivity index is 1.72. The summed E-state index contributed by atoms with van der Waals surface area (Å²) in [4.78, 5) is 16.1. The van der Waals surface area contributed by atoms with Crippen LogP contribution in [0, 0.1) is 0 Å². The van der Waals surface area contributed by atoms with Crippen molar-refractivity contribution >= 4 is 11.7 Å². The van der Waals surface area contributed by atoms with Crippen LogP contribution in [0.2, 0.25) is 0 Å². The Bertz CT molecular complexity index is 844. The Morgan fingerprint density at radius 3 is 2.31 bits per heavy atom. The first kappa shape index (κ1) is 17.7. The van der Waals surface area contributed by atoms with Crippen LogP contribution in [0.4, 0.5) is 19.0 Å². The highest BCUT2D eigenvalue weighted by atomic mass is 19.4. The van der Waals surface area contributed by atoms with Gasteiger partial charge in [-0.15, -0.1) is 0 Å². The van der Waals surface area contributed by atoms with Gasteiger partial charge in [-0.3, -0.25) is 4.79 Å². The molecule has 4 nitrogen and oxygen atoms in total. The molecule has 0 radical (unpaired) electrons. The van der Waals surface area contributed by atoms with Gasteiger partial charge in [-0.1, -0.05) is 30.3 Å². The van der Waals surface area contributed by atoms with Gasteiger partial charge in [0.15, 0.2) is 0 Å². The lowest BCUT2D eigenvalue weighted by atomic mass is 10.0. The molecule has 0 aliphatic rings. The van der Waals surface area contributed by atoms with E-state index in [4.69, 9.17) is 0 Å². The van der Waals surface area contributed by atoms with E-state index in [2.05, 4.69) is 10.3 Å². The topological polar surface area (TPSA) is 46.9 Å². The van der Waals surface area contributed by atoms with Crippen LogP contribution in [0.3, 0.4) is 0 Å². The van der Waals surface area contributed by atoms with E-state index in [9.17, 15) is 18.0 Å². The minimum atomic E-state index is -4.46. The van der Waals surface area contributed by atoms with E-state index < -0.39 is 11.7 Å². The third kappa shape index (κ3) is 4.30. The molecule has 0 fully saturated rings. The highest BCUT2D eigenvalue weighted by Crippen LogP contribution is 2.29. The summed E-state index contributed by atoms with van der Waals surface area (Å²) in [5.41, 5.74) is 0.101. The summed E-state index contributed by atoms with van der Waals surface area (Å²) in [6.07, 6.45) is 0.0998. The van der Waals surface area contributed by atoms with E-state index in [1.54, 1.807) is 0 Å². The Labute approximate surface area is 148 Å². The van der Waals surface area contributed by atoms with Gasteiger partial charge in [-0.2, -0.15) is 13.2 Å². The maximum Gasteiger partial charge on any atom is 0.417 e. The fraction of sp³-hybridized carbons (Fsp3) is 0.158. The molecule has 3 rings (SSSR count). The number of rotatable bonds is 5. The number of benzene rings is 1. The van der Waals surface area contributed by atoms with Crippen LogP contribution in [0.15, 0.2) is 73.2 Å². The van der Waals surface area contributed by atoms with Crippen molar-refractivity contribution in [3.05, 3.63) is 84.3 Å². The van der Waals surface area contributed by atoms with Crippen molar-refractivity contribution in [2.45, 2.75) is 18.6 Å². The minimum Gasteiger partial charge on any atom is -0.346 e. The van der Waals surface area contributed by atoms with Crippen LogP contribution in [-0.4, -0.2) is 15.5 Å².